The number of carbonyl (C=O) groups is 1. The molecular formula is C31H31NO3. The zero-order chi connectivity index (χ0) is 24.2. The average molecular weight is 466 g/mol. The lowest BCUT2D eigenvalue weighted by atomic mass is 9.82. The summed E-state index contributed by atoms with van der Waals surface area (Å²) in [5, 5.41) is 15.8. The van der Waals surface area contributed by atoms with Crippen molar-refractivity contribution < 1.29 is 14.6 Å². The Kier molecular flexibility index (Phi) is 6.82. The fourth-order valence-corrected chi connectivity index (χ4v) is 5.19. The van der Waals surface area contributed by atoms with Gasteiger partial charge in [0.15, 0.2) is 0 Å². The molecule has 0 fully saturated rings. The summed E-state index contributed by atoms with van der Waals surface area (Å²) in [4.78, 5) is 11.7. The zero-order valence-corrected chi connectivity index (χ0v) is 20.0. The van der Waals surface area contributed by atoms with Gasteiger partial charge >= 0.3 is 5.97 Å². The van der Waals surface area contributed by atoms with Crippen LogP contribution in [-0.2, 0) is 6.42 Å². The predicted octanol–water partition coefficient (Wildman–Crippen LogP) is 6.35. The van der Waals surface area contributed by atoms with Crippen LogP contribution in [0.1, 0.15) is 51.4 Å². The molecule has 178 valence electrons. The molecule has 0 bridgehead atoms. The summed E-state index contributed by atoms with van der Waals surface area (Å²) in [5.74, 6) is 0.151. The number of fused-ring (bicyclic) bond motifs is 2. The van der Waals surface area contributed by atoms with Gasteiger partial charge in [-0.1, -0.05) is 72.8 Å². The Hall–Kier alpha value is -3.63. The van der Waals surface area contributed by atoms with Gasteiger partial charge in [-0.15, -0.1) is 0 Å². The highest BCUT2D eigenvalue weighted by Crippen LogP contribution is 2.41. The van der Waals surface area contributed by atoms with Gasteiger partial charge < -0.3 is 15.2 Å². The number of benzene rings is 4. The number of hydrogen-bond donors (Lipinski definition) is 2. The molecule has 35 heavy (non-hydrogen) atoms. The molecule has 4 nitrogen and oxygen atoms in total. The highest BCUT2D eigenvalue weighted by molar-refractivity contribution is 5.89. The fraction of sp³-hybridized carbons (Fsp3) is 0.258. The standard InChI is InChI=1S/C31H31NO3/c1-21-13-14-24(19-28(21)31(33)34)29-20-25(35-30-12-5-4-11-27(29)30)16-18-32-17-15-23-9-6-8-22-7-2-3-10-26(22)23/h2-14,19,25,29,32H,15-18,20H2,1H3,(H,33,34). The van der Waals surface area contributed by atoms with Gasteiger partial charge in [-0.25, -0.2) is 4.79 Å². The van der Waals surface area contributed by atoms with E-state index in [0.717, 1.165) is 54.8 Å². The molecule has 1 aliphatic heterocycles. The minimum Gasteiger partial charge on any atom is -0.490 e. The number of hydrogen-bond acceptors (Lipinski definition) is 3. The number of nitrogens with one attached hydrogen (secondary N) is 1. The predicted molar refractivity (Wildman–Crippen MR) is 141 cm³/mol. The Bertz CT molecular complexity index is 1340. The number of aryl methyl sites for hydroxylation is 1. The first-order valence-corrected chi connectivity index (χ1v) is 12.4. The van der Waals surface area contributed by atoms with Crippen LogP contribution in [0.4, 0.5) is 0 Å². The van der Waals surface area contributed by atoms with Gasteiger partial charge in [0, 0.05) is 11.5 Å². The van der Waals surface area contributed by atoms with E-state index in [2.05, 4.69) is 59.9 Å². The Morgan fingerprint density at radius 3 is 2.66 bits per heavy atom. The Balaban J connectivity index is 1.23. The van der Waals surface area contributed by atoms with Gasteiger partial charge in [0.25, 0.3) is 0 Å². The molecule has 2 unspecified atom stereocenters. The Morgan fingerprint density at radius 2 is 1.77 bits per heavy atom. The molecule has 0 aromatic heterocycles. The number of aromatic carboxylic acids is 1. The molecule has 2 N–H and O–H groups in total. The quantitative estimate of drug-likeness (QED) is 0.298. The zero-order valence-electron chi connectivity index (χ0n) is 20.0. The molecule has 5 rings (SSSR count). The Morgan fingerprint density at radius 1 is 0.971 bits per heavy atom. The molecule has 1 heterocycles. The first kappa shape index (κ1) is 23.1. The summed E-state index contributed by atoms with van der Waals surface area (Å²) in [6.07, 6.45) is 2.80. The van der Waals surface area contributed by atoms with E-state index in [1.807, 2.05) is 37.3 Å². The normalized spacial score (nSPS) is 17.1. The molecular weight excluding hydrogens is 434 g/mol. The van der Waals surface area contributed by atoms with Crippen LogP contribution in [0.15, 0.2) is 84.9 Å². The van der Waals surface area contributed by atoms with Gasteiger partial charge in [0.05, 0.1) is 5.56 Å². The van der Waals surface area contributed by atoms with E-state index in [1.165, 1.54) is 16.3 Å². The van der Waals surface area contributed by atoms with Crippen molar-refractivity contribution in [3.8, 4) is 5.75 Å². The lowest BCUT2D eigenvalue weighted by molar-refractivity contribution is 0.0696. The van der Waals surface area contributed by atoms with Crippen molar-refractivity contribution in [1.29, 1.82) is 0 Å². The van der Waals surface area contributed by atoms with Crippen molar-refractivity contribution in [1.82, 2.24) is 5.32 Å². The second-order valence-corrected chi connectivity index (χ2v) is 9.37. The van der Waals surface area contributed by atoms with Crippen molar-refractivity contribution in [3.63, 3.8) is 0 Å². The van der Waals surface area contributed by atoms with E-state index < -0.39 is 5.97 Å². The minimum atomic E-state index is -0.878. The van der Waals surface area contributed by atoms with E-state index in [4.69, 9.17) is 4.74 Å². The molecule has 1 aliphatic rings. The van der Waals surface area contributed by atoms with Gasteiger partial charge in [0.1, 0.15) is 11.9 Å². The van der Waals surface area contributed by atoms with E-state index in [0.29, 0.717) is 5.56 Å². The smallest absolute Gasteiger partial charge is 0.335 e. The van der Waals surface area contributed by atoms with Crippen molar-refractivity contribution in [2.75, 3.05) is 13.1 Å². The van der Waals surface area contributed by atoms with Gasteiger partial charge in [-0.05, 0) is 78.9 Å². The average Bonchev–Trinajstić information content (AvgIpc) is 2.88. The first-order chi connectivity index (χ1) is 17.1. The number of carboxylic acid groups (broad SMARTS) is 1. The third-order valence-electron chi connectivity index (χ3n) is 7.08. The second-order valence-electron chi connectivity index (χ2n) is 9.37. The number of para-hydroxylation sites is 1. The summed E-state index contributed by atoms with van der Waals surface area (Å²) in [6, 6.07) is 29.0. The van der Waals surface area contributed by atoms with Crippen LogP contribution in [0.5, 0.6) is 5.75 Å². The molecule has 0 saturated carbocycles. The van der Waals surface area contributed by atoms with Crippen LogP contribution in [-0.4, -0.2) is 30.3 Å². The maximum absolute atomic E-state index is 11.7. The maximum atomic E-state index is 11.7. The largest absolute Gasteiger partial charge is 0.490 e. The number of carboxylic acids is 1. The highest BCUT2D eigenvalue weighted by atomic mass is 16.5. The second kappa shape index (κ2) is 10.3. The third kappa shape index (κ3) is 5.08. The molecule has 0 radical (unpaired) electrons. The lowest BCUT2D eigenvalue weighted by Gasteiger charge is -2.33. The van der Waals surface area contributed by atoms with Crippen molar-refractivity contribution in [2.45, 2.75) is 38.2 Å². The highest BCUT2D eigenvalue weighted by Gasteiger charge is 2.29. The van der Waals surface area contributed by atoms with Crippen molar-refractivity contribution in [3.05, 3.63) is 113 Å². The molecule has 4 aromatic carbocycles. The van der Waals surface area contributed by atoms with Crippen molar-refractivity contribution >= 4 is 16.7 Å². The summed E-state index contributed by atoms with van der Waals surface area (Å²) in [7, 11) is 0. The monoisotopic (exact) mass is 465 g/mol. The number of ether oxygens (including phenoxy) is 1. The van der Waals surface area contributed by atoms with Crippen LogP contribution in [0.2, 0.25) is 0 Å². The lowest BCUT2D eigenvalue weighted by Crippen LogP contribution is -2.30. The summed E-state index contributed by atoms with van der Waals surface area (Å²) >= 11 is 0. The third-order valence-corrected chi connectivity index (χ3v) is 7.08. The van der Waals surface area contributed by atoms with E-state index in [-0.39, 0.29) is 12.0 Å². The maximum Gasteiger partial charge on any atom is 0.335 e. The van der Waals surface area contributed by atoms with Crippen LogP contribution in [0.25, 0.3) is 10.8 Å². The molecule has 0 saturated heterocycles. The molecule has 4 heteroatoms. The van der Waals surface area contributed by atoms with Gasteiger partial charge in [-0.2, -0.15) is 0 Å². The summed E-state index contributed by atoms with van der Waals surface area (Å²) < 4.78 is 6.35. The molecule has 0 spiro atoms. The van der Waals surface area contributed by atoms with Gasteiger partial charge in [0.2, 0.25) is 0 Å². The Labute approximate surface area is 206 Å². The summed E-state index contributed by atoms with van der Waals surface area (Å²) in [6.45, 7) is 3.64. The van der Waals surface area contributed by atoms with E-state index in [1.54, 1.807) is 0 Å². The SMILES string of the molecule is Cc1ccc(C2CC(CCNCCc3cccc4ccccc34)Oc3ccccc32)cc1C(=O)O. The first-order valence-electron chi connectivity index (χ1n) is 12.4. The number of rotatable bonds is 8. The molecule has 4 aromatic rings. The van der Waals surface area contributed by atoms with Crippen LogP contribution in [0.3, 0.4) is 0 Å². The van der Waals surface area contributed by atoms with Crippen LogP contribution in [0, 0.1) is 6.92 Å². The molecule has 0 aliphatic carbocycles. The van der Waals surface area contributed by atoms with Gasteiger partial charge in [-0.3, -0.25) is 0 Å². The summed E-state index contributed by atoms with van der Waals surface area (Å²) in [5.41, 5.74) is 4.70. The topological polar surface area (TPSA) is 58.6 Å². The van der Waals surface area contributed by atoms with E-state index in [9.17, 15) is 9.90 Å². The van der Waals surface area contributed by atoms with Crippen LogP contribution >= 0.6 is 0 Å². The van der Waals surface area contributed by atoms with Crippen molar-refractivity contribution in [2.24, 2.45) is 0 Å². The van der Waals surface area contributed by atoms with Crippen LogP contribution < -0.4 is 10.1 Å². The fourth-order valence-electron chi connectivity index (χ4n) is 5.19. The molecule has 2 atom stereocenters. The minimum absolute atomic E-state index is 0.0783. The van der Waals surface area contributed by atoms with E-state index >= 15 is 0 Å². The molecule has 0 amide bonds.